The zero-order valence-corrected chi connectivity index (χ0v) is 22.6. The van der Waals surface area contributed by atoms with Crippen LogP contribution in [0.15, 0.2) is 17.5 Å². The van der Waals surface area contributed by atoms with E-state index in [1.807, 2.05) is 23.6 Å². The number of anilines is 1. The van der Waals surface area contributed by atoms with Gasteiger partial charge in [0.25, 0.3) is 5.88 Å². The molecule has 0 unspecified atom stereocenters. The molecule has 0 bridgehead atoms. The predicted molar refractivity (Wildman–Crippen MR) is 142 cm³/mol. The minimum atomic E-state index is 0.423. The zero-order valence-electron chi connectivity index (χ0n) is 21.7. The van der Waals surface area contributed by atoms with Crippen molar-refractivity contribution in [3.63, 3.8) is 0 Å². The van der Waals surface area contributed by atoms with Crippen molar-refractivity contribution in [1.29, 1.82) is 0 Å². The van der Waals surface area contributed by atoms with Gasteiger partial charge in [-0.15, -0.1) is 16.4 Å². The molecular weight excluding hydrogens is 478 g/mol. The topological polar surface area (TPSA) is 66.7 Å². The normalized spacial score (nSPS) is 16.4. The van der Waals surface area contributed by atoms with Gasteiger partial charge in [-0.05, 0) is 49.8 Å². The molecule has 1 aromatic carbocycles. The van der Waals surface area contributed by atoms with Gasteiger partial charge in [-0.25, -0.2) is 4.52 Å². The lowest BCUT2D eigenvalue weighted by molar-refractivity contribution is 0.0842. The van der Waals surface area contributed by atoms with E-state index in [-0.39, 0.29) is 0 Å². The molecule has 3 aromatic rings. The highest BCUT2D eigenvalue weighted by atomic mass is 32.1. The van der Waals surface area contributed by atoms with Crippen LogP contribution in [-0.2, 0) is 16.1 Å². The lowest BCUT2D eigenvalue weighted by Crippen LogP contribution is -2.40. The maximum Gasteiger partial charge on any atom is 0.258 e. The first-order valence-electron chi connectivity index (χ1n) is 12.9. The Kier molecular flexibility index (Phi) is 7.88. The van der Waals surface area contributed by atoms with E-state index in [0.717, 1.165) is 77.4 Å². The number of hydrogen-bond acceptors (Lipinski definition) is 8. The molecule has 1 saturated heterocycles. The minimum Gasteiger partial charge on any atom is -0.496 e. The molecule has 1 saturated carbocycles. The van der Waals surface area contributed by atoms with Crippen LogP contribution in [0.4, 0.5) is 5.69 Å². The fourth-order valence-corrected chi connectivity index (χ4v) is 6.07. The molecule has 36 heavy (non-hydrogen) atoms. The van der Waals surface area contributed by atoms with Crippen molar-refractivity contribution in [2.75, 3.05) is 52.6 Å². The predicted octanol–water partition coefficient (Wildman–Crippen LogP) is 5.41. The Hall–Kier alpha value is -2.49. The number of fused-ring (bicyclic) bond motifs is 1. The second-order valence-electron chi connectivity index (χ2n) is 9.48. The summed E-state index contributed by atoms with van der Waals surface area (Å²) in [5.74, 6) is 2.98. The number of rotatable bonds is 12. The highest BCUT2D eigenvalue weighted by molar-refractivity contribution is 7.16. The Morgan fingerprint density at radius 1 is 1.06 bits per heavy atom. The molecule has 0 N–H and O–H groups in total. The highest BCUT2D eigenvalue weighted by Crippen LogP contribution is 2.46. The molecule has 5 rings (SSSR count). The number of hydrogen-bond donors (Lipinski definition) is 0. The van der Waals surface area contributed by atoms with E-state index >= 15 is 0 Å². The molecule has 3 heterocycles. The van der Waals surface area contributed by atoms with E-state index in [2.05, 4.69) is 10.3 Å². The first-order valence-corrected chi connectivity index (χ1v) is 13.8. The summed E-state index contributed by atoms with van der Waals surface area (Å²) in [4.78, 5) is 3.62. The Balaban J connectivity index is 1.59. The summed E-state index contributed by atoms with van der Waals surface area (Å²) in [6.45, 7) is 5.76. The van der Waals surface area contributed by atoms with Gasteiger partial charge in [0.05, 0.1) is 39.2 Å². The largest absolute Gasteiger partial charge is 0.496 e. The Morgan fingerprint density at radius 3 is 2.39 bits per heavy atom. The van der Waals surface area contributed by atoms with E-state index in [1.54, 1.807) is 32.7 Å². The fourth-order valence-electron chi connectivity index (χ4n) is 5.08. The van der Waals surface area contributed by atoms with Crippen LogP contribution >= 0.6 is 11.3 Å². The average molecular weight is 516 g/mol. The molecule has 9 heteroatoms. The van der Waals surface area contributed by atoms with E-state index < -0.39 is 0 Å². The fraction of sp³-hybridized carbons (Fsp3) is 0.593. The van der Waals surface area contributed by atoms with Crippen LogP contribution < -0.4 is 19.1 Å². The summed E-state index contributed by atoms with van der Waals surface area (Å²) in [7, 11) is 5.08. The third-order valence-electron chi connectivity index (χ3n) is 7.18. The van der Waals surface area contributed by atoms with Gasteiger partial charge in [0, 0.05) is 37.8 Å². The van der Waals surface area contributed by atoms with Crippen LogP contribution in [-0.4, -0.2) is 63.4 Å². The third-order valence-corrected chi connectivity index (χ3v) is 8.11. The van der Waals surface area contributed by atoms with E-state index in [4.69, 9.17) is 28.8 Å². The van der Waals surface area contributed by atoms with Gasteiger partial charge < -0.3 is 28.6 Å². The summed E-state index contributed by atoms with van der Waals surface area (Å²) in [5, 5.41) is 7.08. The van der Waals surface area contributed by atoms with Crippen molar-refractivity contribution in [1.82, 2.24) is 9.61 Å². The summed E-state index contributed by atoms with van der Waals surface area (Å²) >= 11 is 1.68. The lowest BCUT2D eigenvalue weighted by atomic mass is 10.1. The lowest BCUT2D eigenvalue weighted by Gasteiger charge is -2.35. The number of methoxy groups -OCH3 is 3. The maximum absolute atomic E-state index is 5.87. The molecule has 1 aliphatic carbocycles. The second kappa shape index (κ2) is 11.3. The number of benzene rings is 1. The first kappa shape index (κ1) is 25.2. The van der Waals surface area contributed by atoms with Crippen LogP contribution in [0.3, 0.4) is 0 Å². The van der Waals surface area contributed by atoms with Crippen molar-refractivity contribution in [2.24, 2.45) is 5.92 Å². The molecule has 0 atom stereocenters. The SMILES string of the molecule is CCOCc1cc(OC)c(-c2csc3c(N(CCC4CC4)C4CCOCC4)c(OC)nn23)c(OC)c1. The van der Waals surface area contributed by atoms with Crippen molar-refractivity contribution in [2.45, 2.75) is 51.7 Å². The standard InChI is InChI=1S/C27H37N3O5S/c1-5-34-16-19-14-22(31-2)24(23(15-19)32-3)21-17-36-27-25(26(33-4)28-30(21)27)29(11-8-18-6-7-18)20-9-12-35-13-10-20/h14-15,17-18,20H,5-13,16H2,1-4H3. The average Bonchev–Trinajstić information content (AvgIpc) is 3.56. The molecule has 1 aliphatic heterocycles. The van der Waals surface area contributed by atoms with Crippen LogP contribution in [0.25, 0.3) is 16.1 Å². The monoisotopic (exact) mass is 515 g/mol. The van der Waals surface area contributed by atoms with E-state index in [9.17, 15) is 0 Å². The molecule has 0 radical (unpaired) electrons. The van der Waals surface area contributed by atoms with Crippen molar-refractivity contribution in [3.8, 4) is 28.6 Å². The van der Waals surface area contributed by atoms with Gasteiger partial charge >= 0.3 is 0 Å². The summed E-state index contributed by atoms with van der Waals surface area (Å²) in [5.41, 5.74) is 3.89. The van der Waals surface area contributed by atoms with Crippen molar-refractivity contribution in [3.05, 3.63) is 23.1 Å². The zero-order chi connectivity index (χ0) is 25.1. The molecule has 8 nitrogen and oxygen atoms in total. The number of thiazole rings is 1. The van der Waals surface area contributed by atoms with Crippen LogP contribution in [0, 0.1) is 5.92 Å². The van der Waals surface area contributed by atoms with Gasteiger partial charge in [0.15, 0.2) is 0 Å². The van der Waals surface area contributed by atoms with Crippen LogP contribution in [0.5, 0.6) is 17.4 Å². The van der Waals surface area contributed by atoms with Gasteiger partial charge in [0.2, 0.25) is 0 Å². The Bertz CT molecular complexity index is 1140. The number of ether oxygens (including phenoxy) is 5. The van der Waals surface area contributed by atoms with Gasteiger partial charge in [0.1, 0.15) is 22.0 Å². The smallest absolute Gasteiger partial charge is 0.258 e. The minimum absolute atomic E-state index is 0.423. The van der Waals surface area contributed by atoms with E-state index in [1.165, 1.54) is 19.3 Å². The Morgan fingerprint density at radius 2 is 1.78 bits per heavy atom. The summed E-state index contributed by atoms with van der Waals surface area (Å²) in [6, 6.07) is 4.46. The van der Waals surface area contributed by atoms with Crippen molar-refractivity contribution < 1.29 is 23.7 Å². The van der Waals surface area contributed by atoms with Crippen LogP contribution in [0.2, 0.25) is 0 Å². The molecular formula is C27H37N3O5S. The highest BCUT2D eigenvalue weighted by Gasteiger charge is 2.32. The van der Waals surface area contributed by atoms with Crippen molar-refractivity contribution >= 4 is 21.9 Å². The molecule has 2 aromatic heterocycles. The quantitative estimate of drug-likeness (QED) is 0.319. The van der Waals surface area contributed by atoms with E-state index in [0.29, 0.717) is 25.1 Å². The Labute approximate surface area is 217 Å². The second-order valence-corrected chi connectivity index (χ2v) is 10.3. The number of nitrogens with zero attached hydrogens (tertiary/aromatic N) is 3. The molecule has 0 spiro atoms. The molecule has 196 valence electrons. The maximum atomic E-state index is 5.87. The summed E-state index contributed by atoms with van der Waals surface area (Å²) < 4.78 is 30.8. The molecule has 2 fully saturated rings. The number of aromatic nitrogens is 2. The summed E-state index contributed by atoms with van der Waals surface area (Å²) in [6.07, 6.45) is 5.95. The van der Waals surface area contributed by atoms with Crippen LogP contribution in [0.1, 0.15) is 44.6 Å². The van der Waals surface area contributed by atoms with Gasteiger partial charge in [-0.2, -0.15) is 0 Å². The van der Waals surface area contributed by atoms with Gasteiger partial charge in [-0.3, -0.25) is 0 Å². The molecule has 0 amide bonds. The third kappa shape index (κ3) is 5.01. The van der Waals surface area contributed by atoms with Gasteiger partial charge in [-0.1, -0.05) is 12.8 Å². The molecule has 2 aliphatic rings. The first-order chi connectivity index (χ1) is 17.7.